The topological polar surface area (TPSA) is 106 Å². The molecule has 2 aromatic rings. The number of amides is 2. The summed E-state index contributed by atoms with van der Waals surface area (Å²) in [7, 11) is 0. The Morgan fingerprint density at radius 2 is 2.07 bits per heavy atom. The van der Waals surface area contributed by atoms with E-state index in [0.717, 1.165) is 38.5 Å². The summed E-state index contributed by atoms with van der Waals surface area (Å²) >= 11 is 0. The minimum absolute atomic E-state index is 0.0356. The van der Waals surface area contributed by atoms with Gasteiger partial charge in [0.15, 0.2) is 12.4 Å². The first-order valence-electron chi connectivity index (χ1n) is 9.70. The van der Waals surface area contributed by atoms with Gasteiger partial charge in [-0.2, -0.15) is 4.98 Å². The predicted octanol–water partition coefficient (Wildman–Crippen LogP) is 2.69. The first kappa shape index (κ1) is 18.5. The number of nitrogens with one attached hydrogen (secondary N) is 2. The average molecular weight is 384 g/mol. The van der Waals surface area contributed by atoms with Crippen LogP contribution in [0.3, 0.4) is 0 Å². The van der Waals surface area contributed by atoms with Crippen LogP contribution in [-0.2, 0) is 15.1 Å². The molecule has 0 saturated heterocycles. The number of hydrogen-bond donors (Lipinski definition) is 2. The second kappa shape index (κ2) is 7.61. The first-order chi connectivity index (χ1) is 13.5. The lowest BCUT2D eigenvalue weighted by Gasteiger charge is -2.26. The van der Waals surface area contributed by atoms with E-state index in [1.165, 1.54) is 0 Å². The third-order valence-electron chi connectivity index (χ3n) is 5.21. The molecule has 2 fully saturated rings. The van der Waals surface area contributed by atoms with Gasteiger partial charge in [0, 0.05) is 24.6 Å². The van der Waals surface area contributed by atoms with Crippen molar-refractivity contribution in [2.45, 2.75) is 51.0 Å². The van der Waals surface area contributed by atoms with Gasteiger partial charge >= 0.3 is 0 Å². The molecule has 0 aliphatic heterocycles. The molecule has 148 valence electrons. The number of rotatable bonds is 7. The molecule has 2 amide bonds. The van der Waals surface area contributed by atoms with Gasteiger partial charge in [-0.25, -0.2) is 0 Å². The summed E-state index contributed by atoms with van der Waals surface area (Å²) in [5, 5.41) is 9.94. The zero-order chi connectivity index (χ0) is 19.6. The summed E-state index contributed by atoms with van der Waals surface area (Å²) in [6.45, 7) is 1.61. The van der Waals surface area contributed by atoms with E-state index in [1.807, 2.05) is 0 Å². The molecule has 0 atom stereocenters. The van der Waals surface area contributed by atoms with Crippen molar-refractivity contribution in [2.24, 2.45) is 5.92 Å². The number of carbonyl (C=O) groups is 2. The van der Waals surface area contributed by atoms with Gasteiger partial charge in [-0.1, -0.05) is 24.1 Å². The highest BCUT2D eigenvalue weighted by molar-refractivity contribution is 5.94. The van der Waals surface area contributed by atoms with Crippen LogP contribution in [0, 0.1) is 12.8 Å². The molecule has 0 unspecified atom stereocenters. The molecule has 2 aliphatic rings. The van der Waals surface area contributed by atoms with Crippen molar-refractivity contribution in [3.63, 3.8) is 0 Å². The highest BCUT2D eigenvalue weighted by atomic mass is 16.5. The smallest absolute Gasteiger partial charge is 0.258 e. The van der Waals surface area contributed by atoms with Crippen molar-refractivity contribution < 1.29 is 18.8 Å². The van der Waals surface area contributed by atoms with Crippen molar-refractivity contribution in [1.82, 2.24) is 15.5 Å². The Morgan fingerprint density at radius 1 is 1.29 bits per heavy atom. The van der Waals surface area contributed by atoms with Crippen molar-refractivity contribution in [3.8, 4) is 5.75 Å². The maximum absolute atomic E-state index is 12.5. The van der Waals surface area contributed by atoms with E-state index in [1.54, 1.807) is 31.2 Å². The lowest BCUT2D eigenvalue weighted by molar-refractivity contribution is -0.125. The Labute approximate surface area is 163 Å². The molecule has 28 heavy (non-hydrogen) atoms. The average Bonchev–Trinajstić information content (AvgIpc) is 3.28. The van der Waals surface area contributed by atoms with E-state index in [9.17, 15) is 9.59 Å². The van der Waals surface area contributed by atoms with Gasteiger partial charge in [0.25, 0.3) is 5.91 Å². The molecule has 0 spiro atoms. The van der Waals surface area contributed by atoms with E-state index in [2.05, 4.69) is 20.8 Å². The molecule has 1 aromatic carbocycles. The van der Waals surface area contributed by atoms with Gasteiger partial charge in [0.1, 0.15) is 11.3 Å². The minimum atomic E-state index is -0.585. The minimum Gasteiger partial charge on any atom is -0.484 e. The predicted molar refractivity (Wildman–Crippen MR) is 101 cm³/mol. The van der Waals surface area contributed by atoms with Gasteiger partial charge < -0.3 is 19.9 Å². The molecule has 8 heteroatoms. The fourth-order valence-corrected chi connectivity index (χ4v) is 3.58. The molecule has 0 bridgehead atoms. The van der Waals surface area contributed by atoms with Gasteiger partial charge in [0.05, 0.1) is 0 Å². The summed E-state index contributed by atoms with van der Waals surface area (Å²) in [6.07, 6.45) is 5.45. The molecule has 2 saturated carbocycles. The van der Waals surface area contributed by atoms with Gasteiger partial charge in [-0.05, 0) is 37.8 Å². The van der Waals surface area contributed by atoms with Gasteiger partial charge in [0.2, 0.25) is 11.8 Å². The molecule has 2 N–H and O–H groups in total. The number of carbonyl (C=O) groups excluding carboxylic acids is 2. The number of nitrogens with zero attached hydrogens (tertiary/aromatic N) is 2. The third kappa shape index (κ3) is 4.16. The largest absolute Gasteiger partial charge is 0.484 e. The van der Waals surface area contributed by atoms with Crippen LogP contribution < -0.4 is 15.4 Å². The van der Waals surface area contributed by atoms with Crippen LogP contribution in [-0.4, -0.2) is 28.6 Å². The van der Waals surface area contributed by atoms with Crippen molar-refractivity contribution in [2.75, 3.05) is 11.9 Å². The van der Waals surface area contributed by atoms with Crippen LogP contribution in [0.1, 0.15) is 50.2 Å². The molecule has 8 nitrogen and oxygen atoms in total. The van der Waals surface area contributed by atoms with Crippen molar-refractivity contribution in [1.29, 1.82) is 0 Å². The Bertz CT molecular complexity index is 869. The molecule has 1 aromatic heterocycles. The highest BCUT2D eigenvalue weighted by Crippen LogP contribution is 2.37. The van der Waals surface area contributed by atoms with E-state index >= 15 is 0 Å². The van der Waals surface area contributed by atoms with Crippen LogP contribution in [0.25, 0.3) is 0 Å². The number of ether oxygens (including phenoxy) is 1. The number of benzene rings is 1. The Balaban J connectivity index is 1.35. The molecule has 2 aliphatic carbocycles. The van der Waals surface area contributed by atoms with Crippen LogP contribution >= 0.6 is 0 Å². The van der Waals surface area contributed by atoms with Crippen LogP contribution in [0.2, 0.25) is 0 Å². The summed E-state index contributed by atoms with van der Waals surface area (Å²) in [4.78, 5) is 28.7. The Morgan fingerprint density at radius 3 is 2.75 bits per heavy atom. The molecule has 4 rings (SSSR count). The molecule has 0 radical (unpaired) electrons. The second-order valence-electron chi connectivity index (χ2n) is 7.55. The molecule has 1 heterocycles. The van der Waals surface area contributed by atoms with Gasteiger partial charge in [-0.15, -0.1) is 0 Å². The summed E-state index contributed by atoms with van der Waals surface area (Å²) in [5.41, 5.74) is 0.0857. The van der Waals surface area contributed by atoms with Crippen molar-refractivity contribution >= 4 is 17.5 Å². The monoisotopic (exact) mass is 384 g/mol. The van der Waals surface area contributed by atoms with E-state index < -0.39 is 5.54 Å². The zero-order valence-corrected chi connectivity index (χ0v) is 15.9. The summed E-state index contributed by atoms with van der Waals surface area (Å²) in [6, 6.07) is 7.07. The van der Waals surface area contributed by atoms with E-state index in [4.69, 9.17) is 9.26 Å². The Hall–Kier alpha value is -2.90. The van der Waals surface area contributed by atoms with Crippen LogP contribution in [0.15, 0.2) is 28.8 Å². The maximum atomic E-state index is 12.5. The maximum Gasteiger partial charge on any atom is 0.258 e. The first-order valence-corrected chi connectivity index (χ1v) is 9.70. The highest BCUT2D eigenvalue weighted by Gasteiger charge is 2.41. The van der Waals surface area contributed by atoms with Crippen LogP contribution in [0.5, 0.6) is 5.75 Å². The lowest BCUT2D eigenvalue weighted by atomic mass is 9.96. The molecular formula is C20H24N4O4. The summed E-state index contributed by atoms with van der Waals surface area (Å²) in [5.74, 6) is 1.47. The van der Waals surface area contributed by atoms with Gasteiger partial charge in [-0.3, -0.25) is 9.59 Å². The Kier molecular flexibility index (Phi) is 5.02. The zero-order valence-electron chi connectivity index (χ0n) is 15.9. The normalized spacial score (nSPS) is 17.9. The SMILES string of the molecule is Cc1nc(C2(NC(=O)COc3cccc(NC(=O)C4CC4)c3)CCCC2)no1. The third-order valence-corrected chi connectivity index (χ3v) is 5.21. The van der Waals surface area contributed by atoms with Crippen molar-refractivity contribution in [3.05, 3.63) is 36.0 Å². The quantitative estimate of drug-likeness (QED) is 0.760. The van der Waals surface area contributed by atoms with E-state index in [-0.39, 0.29) is 24.3 Å². The lowest BCUT2D eigenvalue weighted by Crippen LogP contribution is -2.46. The fraction of sp³-hybridized carbons (Fsp3) is 0.500. The standard InChI is InChI=1S/C20H24N4O4/c1-13-21-19(24-28-13)20(9-2-3-10-20)23-17(25)12-27-16-6-4-5-15(11-16)22-18(26)14-7-8-14/h4-6,11,14H,2-3,7-10,12H2,1H3,(H,22,26)(H,23,25). The summed E-state index contributed by atoms with van der Waals surface area (Å²) < 4.78 is 10.7. The second-order valence-corrected chi connectivity index (χ2v) is 7.55. The number of aromatic nitrogens is 2. The van der Waals surface area contributed by atoms with Crippen LogP contribution in [0.4, 0.5) is 5.69 Å². The fourth-order valence-electron chi connectivity index (χ4n) is 3.58. The number of anilines is 1. The molecular weight excluding hydrogens is 360 g/mol. The number of aryl methyl sites for hydroxylation is 1. The van der Waals surface area contributed by atoms with E-state index in [0.29, 0.717) is 23.2 Å². The number of hydrogen-bond acceptors (Lipinski definition) is 6.